The van der Waals surface area contributed by atoms with Crippen molar-refractivity contribution in [2.75, 3.05) is 18.8 Å². The molecule has 1 saturated heterocycles. The standard InChI is InChI=1S/C15H23N3/c16-13-5-1-11(2-6-13)12-3-7-14(8-4-12)18-15-9-17-10-15/h1-2,5-6,12,14-15,17-18H,3-4,7-10,16H2. The quantitative estimate of drug-likeness (QED) is 0.712. The monoisotopic (exact) mass is 245 g/mol. The van der Waals surface area contributed by atoms with Crippen molar-refractivity contribution in [3.8, 4) is 0 Å². The first-order chi connectivity index (χ1) is 8.81. The van der Waals surface area contributed by atoms with Crippen molar-refractivity contribution in [2.24, 2.45) is 0 Å². The van der Waals surface area contributed by atoms with Gasteiger partial charge in [-0.2, -0.15) is 0 Å². The molecule has 1 aliphatic heterocycles. The number of hydrogen-bond acceptors (Lipinski definition) is 3. The highest BCUT2D eigenvalue weighted by Crippen LogP contribution is 2.33. The van der Waals surface area contributed by atoms with Gasteiger partial charge in [-0.15, -0.1) is 0 Å². The van der Waals surface area contributed by atoms with Crippen molar-refractivity contribution in [1.82, 2.24) is 10.6 Å². The molecule has 1 aliphatic carbocycles. The lowest BCUT2D eigenvalue weighted by Crippen LogP contribution is -2.58. The number of nitrogens with one attached hydrogen (secondary N) is 2. The molecule has 0 unspecified atom stereocenters. The summed E-state index contributed by atoms with van der Waals surface area (Å²) in [5.41, 5.74) is 8.07. The molecule has 0 bridgehead atoms. The van der Waals surface area contributed by atoms with E-state index in [4.69, 9.17) is 5.73 Å². The van der Waals surface area contributed by atoms with Gasteiger partial charge in [0.25, 0.3) is 0 Å². The van der Waals surface area contributed by atoms with Crippen LogP contribution in [0.2, 0.25) is 0 Å². The third-order valence-electron chi connectivity index (χ3n) is 4.39. The Morgan fingerprint density at radius 3 is 2.17 bits per heavy atom. The van der Waals surface area contributed by atoms with Crippen LogP contribution in [0.4, 0.5) is 5.69 Å². The summed E-state index contributed by atoms with van der Waals surface area (Å²) in [7, 11) is 0. The van der Waals surface area contributed by atoms with Gasteiger partial charge >= 0.3 is 0 Å². The van der Waals surface area contributed by atoms with Gasteiger partial charge in [0.05, 0.1) is 0 Å². The molecule has 2 aliphatic rings. The van der Waals surface area contributed by atoms with Gasteiger partial charge < -0.3 is 16.4 Å². The van der Waals surface area contributed by atoms with Crippen molar-refractivity contribution in [3.63, 3.8) is 0 Å². The third kappa shape index (κ3) is 2.68. The zero-order chi connectivity index (χ0) is 12.4. The summed E-state index contributed by atoms with van der Waals surface area (Å²) in [5.74, 6) is 0.739. The number of nitrogen functional groups attached to an aromatic ring is 1. The van der Waals surface area contributed by atoms with Gasteiger partial charge in [0, 0.05) is 30.9 Å². The molecule has 3 heteroatoms. The Morgan fingerprint density at radius 1 is 0.944 bits per heavy atom. The van der Waals surface area contributed by atoms with Crippen molar-refractivity contribution < 1.29 is 0 Å². The van der Waals surface area contributed by atoms with Crippen LogP contribution >= 0.6 is 0 Å². The molecule has 0 aromatic heterocycles. The van der Waals surface area contributed by atoms with Gasteiger partial charge in [-0.3, -0.25) is 0 Å². The van der Waals surface area contributed by atoms with Crippen LogP contribution in [0.15, 0.2) is 24.3 Å². The highest BCUT2D eigenvalue weighted by Gasteiger charge is 2.25. The van der Waals surface area contributed by atoms with Gasteiger partial charge in [-0.05, 0) is 49.3 Å². The van der Waals surface area contributed by atoms with Gasteiger partial charge in [-0.1, -0.05) is 12.1 Å². The van der Waals surface area contributed by atoms with Crippen molar-refractivity contribution in [1.29, 1.82) is 0 Å². The van der Waals surface area contributed by atoms with Gasteiger partial charge in [0.2, 0.25) is 0 Å². The maximum absolute atomic E-state index is 5.74. The molecule has 98 valence electrons. The lowest BCUT2D eigenvalue weighted by atomic mass is 9.81. The van der Waals surface area contributed by atoms with E-state index in [1.807, 2.05) is 12.1 Å². The van der Waals surface area contributed by atoms with Crippen LogP contribution in [0.1, 0.15) is 37.2 Å². The van der Waals surface area contributed by atoms with Crippen LogP contribution in [0.25, 0.3) is 0 Å². The molecule has 0 amide bonds. The first-order valence-electron chi connectivity index (χ1n) is 7.13. The third-order valence-corrected chi connectivity index (χ3v) is 4.39. The minimum absolute atomic E-state index is 0.725. The van der Waals surface area contributed by atoms with E-state index in [0.29, 0.717) is 0 Å². The Labute approximate surface area is 109 Å². The molecule has 1 heterocycles. The van der Waals surface area contributed by atoms with E-state index in [-0.39, 0.29) is 0 Å². The minimum atomic E-state index is 0.725. The molecule has 2 fully saturated rings. The van der Waals surface area contributed by atoms with Gasteiger partial charge in [0.15, 0.2) is 0 Å². The van der Waals surface area contributed by atoms with E-state index in [1.165, 1.54) is 31.2 Å². The van der Waals surface area contributed by atoms with Crippen LogP contribution in [0.5, 0.6) is 0 Å². The summed E-state index contributed by atoms with van der Waals surface area (Å²) in [6, 6.07) is 9.91. The number of nitrogens with two attached hydrogens (primary N) is 1. The topological polar surface area (TPSA) is 50.1 Å². The molecule has 3 rings (SSSR count). The molecular weight excluding hydrogens is 222 g/mol. The van der Waals surface area contributed by atoms with Crippen LogP contribution in [0, 0.1) is 0 Å². The van der Waals surface area contributed by atoms with Crippen LogP contribution in [-0.4, -0.2) is 25.2 Å². The first kappa shape index (κ1) is 12.0. The number of rotatable bonds is 3. The smallest absolute Gasteiger partial charge is 0.0319 e. The van der Waals surface area contributed by atoms with Crippen molar-refractivity contribution >= 4 is 5.69 Å². The SMILES string of the molecule is Nc1ccc(C2CCC(NC3CNC3)CC2)cc1. The molecule has 4 N–H and O–H groups in total. The Kier molecular flexibility index (Phi) is 3.52. The second-order valence-corrected chi connectivity index (χ2v) is 5.74. The summed E-state index contributed by atoms with van der Waals surface area (Å²) in [6.45, 7) is 2.30. The Hall–Kier alpha value is -1.06. The van der Waals surface area contributed by atoms with Crippen molar-refractivity contribution in [2.45, 2.75) is 43.7 Å². The highest BCUT2D eigenvalue weighted by molar-refractivity contribution is 5.40. The average Bonchev–Trinajstić information content (AvgIpc) is 2.36. The predicted molar refractivity (Wildman–Crippen MR) is 75.6 cm³/mol. The molecule has 18 heavy (non-hydrogen) atoms. The fourth-order valence-electron chi connectivity index (χ4n) is 3.10. The Morgan fingerprint density at radius 2 is 1.61 bits per heavy atom. The molecule has 0 atom stereocenters. The van der Waals surface area contributed by atoms with Gasteiger partial charge in [-0.25, -0.2) is 0 Å². The Balaban J connectivity index is 1.51. The van der Waals surface area contributed by atoms with Crippen molar-refractivity contribution in [3.05, 3.63) is 29.8 Å². The predicted octanol–water partition coefficient (Wildman–Crippen LogP) is 1.86. The molecule has 1 saturated carbocycles. The zero-order valence-electron chi connectivity index (χ0n) is 10.9. The van der Waals surface area contributed by atoms with Crippen LogP contribution in [-0.2, 0) is 0 Å². The van der Waals surface area contributed by atoms with Gasteiger partial charge in [0.1, 0.15) is 0 Å². The Bertz CT molecular complexity index is 375. The van der Waals surface area contributed by atoms with E-state index in [9.17, 15) is 0 Å². The second kappa shape index (κ2) is 5.29. The summed E-state index contributed by atoms with van der Waals surface area (Å²) in [6.07, 6.45) is 5.24. The number of hydrogen-bond donors (Lipinski definition) is 3. The van der Waals surface area contributed by atoms with Crippen LogP contribution in [0.3, 0.4) is 0 Å². The molecule has 0 radical (unpaired) electrons. The summed E-state index contributed by atoms with van der Waals surface area (Å²) < 4.78 is 0. The normalized spacial score (nSPS) is 28.9. The highest BCUT2D eigenvalue weighted by atomic mass is 15.1. The average molecular weight is 245 g/mol. The molecule has 0 spiro atoms. The number of anilines is 1. The second-order valence-electron chi connectivity index (χ2n) is 5.74. The van der Waals surface area contributed by atoms with E-state index >= 15 is 0 Å². The van der Waals surface area contributed by atoms with E-state index in [1.54, 1.807) is 0 Å². The van der Waals surface area contributed by atoms with E-state index < -0.39 is 0 Å². The fourth-order valence-corrected chi connectivity index (χ4v) is 3.10. The van der Waals surface area contributed by atoms with E-state index in [2.05, 4.69) is 22.8 Å². The maximum atomic E-state index is 5.74. The lowest BCUT2D eigenvalue weighted by Gasteiger charge is -2.36. The lowest BCUT2D eigenvalue weighted by molar-refractivity contribution is 0.271. The molecule has 1 aromatic rings. The minimum Gasteiger partial charge on any atom is -0.399 e. The first-order valence-corrected chi connectivity index (χ1v) is 7.13. The zero-order valence-corrected chi connectivity index (χ0v) is 10.9. The molecule has 3 nitrogen and oxygen atoms in total. The number of benzene rings is 1. The summed E-state index contributed by atoms with van der Waals surface area (Å²) >= 11 is 0. The summed E-state index contributed by atoms with van der Waals surface area (Å²) in [5, 5.41) is 7.07. The maximum Gasteiger partial charge on any atom is 0.0319 e. The van der Waals surface area contributed by atoms with E-state index in [0.717, 1.165) is 36.8 Å². The molecule has 1 aromatic carbocycles. The van der Waals surface area contributed by atoms with Crippen LogP contribution < -0.4 is 16.4 Å². The molecular formula is C15H23N3. The largest absolute Gasteiger partial charge is 0.399 e. The fraction of sp³-hybridized carbons (Fsp3) is 0.600. The summed E-state index contributed by atoms with van der Waals surface area (Å²) in [4.78, 5) is 0.